The van der Waals surface area contributed by atoms with Crippen molar-refractivity contribution in [1.82, 2.24) is 0 Å². The summed E-state index contributed by atoms with van der Waals surface area (Å²) in [5.74, 6) is -0.494. The second kappa shape index (κ2) is 6.12. The van der Waals surface area contributed by atoms with Gasteiger partial charge < -0.3 is 5.32 Å². The molecule has 0 saturated heterocycles. The molecule has 2 aromatic rings. The van der Waals surface area contributed by atoms with Gasteiger partial charge in [0, 0.05) is 23.6 Å². The average Bonchev–Trinajstić information content (AvgIpc) is 2.75. The molecule has 100 valence electrons. The van der Waals surface area contributed by atoms with Gasteiger partial charge in [-0.15, -0.1) is 11.3 Å². The first-order valence-electron chi connectivity index (χ1n) is 5.48. The maximum absolute atomic E-state index is 13.1. The van der Waals surface area contributed by atoms with E-state index in [1.807, 2.05) is 12.1 Å². The van der Waals surface area contributed by atoms with Crippen LogP contribution in [0, 0.1) is 15.9 Å². The van der Waals surface area contributed by atoms with E-state index in [0.29, 0.717) is 6.54 Å². The van der Waals surface area contributed by atoms with Crippen LogP contribution in [0.15, 0.2) is 34.1 Å². The van der Waals surface area contributed by atoms with Crippen LogP contribution in [-0.2, 0) is 6.42 Å². The largest absolute Gasteiger partial charge is 0.379 e. The van der Waals surface area contributed by atoms with E-state index >= 15 is 0 Å². The molecule has 0 unspecified atom stereocenters. The van der Waals surface area contributed by atoms with Crippen molar-refractivity contribution >= 4 is 38.6 Å². The van der Waals surface area contributed by atoms with Gasteiger partial charge in [0.15, 0.2) is 0 Å². The van der Waals surface area contributed by atoms with Crippen LogP contribution in [0.5, 0.6) is 0 Å². The molecule has 1 aromatic carbocycles. The number of benzene rings is 1. The van der Waals surface area contributed by atoms with Crippen LogP contribution >= 0.6 is 27.3 Å². The normalized spacial score (nSPS) is 10.4. The number of rotatable bonds is 5. The molecular weight excluding hydrogens is 335 g/mol. The Morgan fingerprint density at radius 3 is 2.79 bits per heavy atom. The fourth-order valence-corrected chi connectivity index (χ4v) is 3.10. The molecule has 0 radical (unpaired) electrons. The van der Waals surface area contributed by atoms with Crippen molar-refractivity contribution in [2.45, 2.75) is 6.42 Å². The molecule has 1 aromatic heterocycles. The number of thiophene rings is 1. The number of nitro benzene ring substituents is 1. The molecule has 0 saturated carbocycles. The van der Waals surface area contributed by atoms with Crippen LogP contribution in [0.25, 0.3) is 0 Å². The van der Waals surface area contributed by atoms with E-state index in [9.17, 15) is 14.5 Å². The number of anilines is 1. The SMILES string of the molecule is O=[N+]([O-])c1ccc(F)cc1NCCc1ccc(Br)s1. The minimum absolute atomic E-state index is 0.117. The summed E-state index contributed by atoms with van der Waals surface area (Å²) in [6, 6.07) is 7.32. The number of nitro groups is 1. The number of nitrogens with one attached hydrogen (secondary N) is 1. The van der Waals surface area contributed by atoms with Crippen LogP contribution < -0.4 is 5.32 Å². The molecule has 4 nitrogen and oxygen atoms in total. The smallest absolute Gasteiger partial charge is 0.292 e. The molecule has 0 spiro atoms. The summed E-state index contributed by atoms with van der Waals surface area (Å²) in [5.41, 5.74) is 0.0920. The summed E-state index contributed by atoms with van der Waals surface area (Å²) in [4.78, 5) is 11.4. The van der Waals surface area contributed by atoms with E-state index < -0.39 is 10.7 Å². The van der Waals surface area contributed by atoms with Gasteiger partial charge in [-0.1, -0.05) is 0 Å². The first kappa shape index (κ1) is 14.0. The van der Waals surface area contributed by atoms with Crippen LogP contribution in [0.2, 0.25) is 0 Å². The van der Waals surface area contributed by atoms with Crippen molar-refractivity contribution in [3.05, 3.63) is 54.9 Å². The molecule has 0 fully saturated rings. The highest BCUT2D eigenvalue weighted by atomic mass is 79.9. The average molecular weight is 345 g/mol. The van der Waals surface area contributed by atoms with Gasteiger partial charge in [0.1, 0.15) is 11.5 Å². The maximum Gasteiger partial charge on any atom is 0.292 e. The minimum atomic E-state index is -0.524. The van der Waals surface area contributed by atoms with Crippen molar-refractivity contribution in [2.24, 2.45) is 0 Å². The maximum atomic E-state index is 13.1. The monoisotopic (exact) mass is 344 g/mol. The second-order valence-electron chi connectivity index (χ2n) is 3.80. The Balaban J connectivity index is 2.02. The van der Waals surface area contributed by atoms with Crippen LogP contribution in [-0.4, -0.2) is 11.5 Å². The number of hydrogen-bond donors (Lipinski definition) is 1. The van der Waals surface area contributed by atoms with E-state index in [1.165, 1.54) is 6.07 Å². The summed E-state index contributed by atoms with van der Waals surface area (Å²) in [5, 5.41) is 13.7. The molecule has 0 bridgehead atoms. The molecule has 0 aliphatic carbocycles. The highest BCUT2D eigenvalue weighted by Gasteiger charge is 2.13. The topological polar surface area (TPSA) is 55.2 Å². The third-order valence-corrected chi connectivity index (χ3v) is 4.15. The minimum Gasteiger partial charge on any atom is -0.379 e. The van der Waals surface area contributed by atoms with Gasteiger partial charge in [0.2, 0.25) is 0 Å². The zero-order chi connectivity index (χ0) is 13.8. The van der Waals surface area contributed by atoms with Gasteiger partial charge in [-0.2, -0.15) is 0 Å². The van der Waals surface area contributed by atoms with Crippen molar-refractivity contribution in [3.8, 4) is 0 Å². The van der Waals surface area contributed by atoms with Crippen LogP contribution in [0.3, 0.4) is 0 Å². The summed E-state index contributed by atoms with van der Waals surface area (Å²) in [7, 11) is 0. The zero-order valence-electron chi connectivity index (χ0n) is 9.73. The molecule has 1 N–H and O–H groups in total. The Kier molecular flexibility index (Phi) is 4.49. The lowest BCUT2D eigenvalue weighted by atomic mass is 10.2. The Bertz CT molecular complexity index is 603. The van der Waals surface area contributed by atoms with E-state index in [0.717, 1.165) is 27.2 Å². The standard InChI is InChI=1S/C12H10BrFN2O2S/c13-12-4-2-9(19-12)5-6-15-10-7-8(14)1-3-11(10)16(17)18/h1-4,7,15H,5-6H2. The molecule has 0 amide bonds. The van der Waals surface area contributed by atoms with Gasteiger partial charge in [0.05, 0.1) is 8.71 Å². The molecule has 19 heavy (non-hydrogen) atoms. The van der Waals surface area contributed by atoms with Crippen molar-refractivity contribution in [1.29, 1.82) is 0 Å². The predicted molar refractivity (Wildman–Crippen MR) is 77.3 cm³/mol. The molecule has 0 atom stereocenters. The Morgan fingerprint density at radius 1 is 1.37 bits per heavy atom. The molecule has 0 aliphatic heterocycles. The second-order valence-corrected chi connectivity index (χ2v) is 6.35. The van der Waals surface area contributed by atoms with E-state index in [2.05, 4.69) is 21.2 Å². The third-order valence-electron chi connectivity index (χ3n) is 2.47. The highest BCUT2D eigenvalue weighted by molar-refractivity contribution is 9.11. The number of nitrogens with zero attached hydrogens (tertiary/aromatic N) is 1. The Hall–Kier alpha value is -1.47. The third kappa shape index (κ3) is 3.74. The number of halogens is 2. The van der Waals surface area contributed by atoms with Gasteiger partial charge >= 0.3 is 0 Å². The summed E-state index contributed by atoms with van der Waals surface area (Å²) < 4.78 is 14.1. The lowest BCUT2D eigenvalue weighted by molar-refractivity contribution is -0.384. The van der Waals surface area contributed by atoms with Crippen molar-refractivity contribution in [3.63, 3.8) is 0 Å². The van der Waals surface area contributed by atoms with E-state index in [4.69, 9.17) is 0 Å². The van der Waals surface area contributed by atoms with E-state index in [1.54, 1.807) is 11.3 Å². The molecule has 2 rings (SSSR count). The van der Waals surface area contributed by atoms with Gasteiger partial charge in [-0.3, -0.25) is 10.1 Å². The first-order valence-corrected chi connectivity index (χ1v) is 7.09. The Morgan fingerprint density at radius 2 is 2.16 bits per heavy atom. The lowest BCUT2D eigenvalue weighted by Gasteiger charge is -2.06. The molecule has 7 heteroatoms. The molecular formula is C12H10BrFN2O2S. The zero-order valence-corrected chi connectivity index (χ0v) is 12.1. The summed E-state index contributed by atoms with van der Waals surface area (Å²) in [6.45, 7) is 0.511. The quantitative estimate of drug-likeness (QED) is 0.652. The van der Waals surface area contributed by atoms with Crippen LogP contribution in [0.1, 0.15) is 4.88 Å². The van der Waals surface area contributed by atoms with Crippen molar-refractivity contribution < 1.29 is 9.31 Å². The first-order chi connectivity index (χ1) is 9.06. The summed E-state index contributed by atoms with van der Waals surface area (Å²) in [6.07, 6.45) is 0.726. The fraction of sp³-hybridized carbons (Fsp3) is 0.167. The Labute approximate surface area is 121 Å². The number of hydrogen-bond acceptors (Lipinski definition) is 4. The molecule has 1 heterocycles. The highest BCUT2D eigenvalue weighted by Crippen LogP contribution is 2.26. The molecule has 0 aliphatic rings. The van der Waals surface area contributed by atoms with Crippen LogP contribution in [0.4, 0.5) is 15.8 Å². The van der Waals surface area contributed by atoms with Gasteiger partial charge in [0.25, 0.3) is 5.69 Å². The van der Waals surface area contributed by atoms with E-state index in [-0.39, 0.29) is 11.4 Å². The van der Waals surface area contributed by atoms with Gasteiger partial charge in [-0.25, -0.2) is 4.39 Å². The fourth-order valence-electron chi connectivity index (χ4n) is 1.62. The predicted octanol–water partition coefficient (Wildman–Crippen LogP) is 4.21. The summed E-state index contributed by atoms with van der Waals surface area (Å²) >= 11 is 4.97. The van der Waals surface area contributed by atoms with Gasteiger partial charge in [-0.05, 0) is 40.5 Å². The van der Waals surface area contributed by atoms with Crippen molar-refractivity contribution in [2.75, 3.05) is 11.9 Å². The lowest BCUT2D eigenvalue weighted by Crippen LogP contribution is -2.06.